The van der Waals surface area contributed by atoms with Gasteiger partial charge in [0.2, 0.25) is 11.5 Å². The van der Waals surface area contributed by atoms with E-state index in [0.29, 0.717) is 6.61 Å². The molecule has 4 heteroatoms. The van der Waals surface area contributed by atoms with Gasteiger partial charge in [0.1, 0.15) is 12.6 Å². The SMILES string of the molecule is CC.Cc1cccc(C)c1C1=NC(c2ccc(-c3ccc(=O)n(C)c3)cc2)CO1. The molecule has 1 atom stereocenters. The number of aryl methyl sites for hydroxylation is 3. The van der Waals surface area contributed by atoms with Crippen molar-refractivity contribution >= 4 is 5.90 Å². The van der Waals surface area contributed by atoms with Crippen LogP contribution in [0.1, 0.15) is 42.1 Å². The van der Waals surface area contributed by atoms with Crippen molar-refractivity contribution in [3.63, 3.8) is 0 Å². The van der Waals surface area contributed by atoms with E-state index in [1.54, 1.807) is 17.7 Å². The topological polar surface area (TPSA) is 43.6 Å². The minimum absolute atomic E-state index is 0.00756. The lowest BCUT2D eigenvalue weighted by Gasteiger charge is -2.08. The number of hydrogen-bond donors (Lipinski definition) is 0. The molecule has 0 radical (unpaired) electrons. The van der Waals surface area contributed by atoms with Crippen LogP contribution in [0.25, 0.3) is 11.1 Å². The fraction of sp³-hybridized carbons (Fsp3) is 0.280. The van der Waals surface area contributed by atoms with Crippen molar-refractivity contribution < 1.29 is 4.74 Å². The zero-order valence-electron chi connectivity index (χ0n) is 17.8. The van der Waals surface area contributed by atoms with Gasteiger partial charge in [0.25, 0.3) is 0 Å². The molecule has 0 amide bonds. The summed E-state index contributed by atoms with van der Waals surface area (Å²) in [7, 11) is 1.76. The van der Waals surface area contributed by atoms with Gasteiger partial charge in [0.15, 0.2) is 0 Å². The quantitative estimate of drug-likeness (QED) is 0.618. The van der Waals surface area contributed by atoms with Crippen molar-refractivity contribution in [2.45, 2.75) is 33.7 Å². The van der Waals surface area contributed by atoms with Crippen LogP contribution in [-0.4, -0.2) is 17.1 Å². The van der Waals surface area contributed by atoms with Gasteiger partial charge in [-0.2, -0.15) is 0 Å². The van der Waals surface area contributed by atoms with Crippen LogP contribution in [0.2, 0.25) is 0 Å². The minimum Gasteiger partial charge on any atom is -0.475 e. The highest BCUT2D eigenvalue weighted by molar-refractivity contribution is 5.98. The van der Waals surface area contributed by atoms with Crippen LogP contribution in [0.15, 0.2) is 70.6 Å². The third-order valence-corrected chi connectivity index (χ3v) is 5.06. The summed E-state index contributed by atoms with van der Waals surface area (Å²) in [5.41, 5.74) is 6.68. The Bertz CT molecular complexity index is 1060. The Labute approximate surface area is 172 Å². The summed E-state index contributed by atoms with van der Waals surface area (Å²) in [5, 5.41) is 0. The lowest BCUT2D eigenvalue weighted by molar-refractivity contribution is 0.319. The lowest BCUT2D eigenvalue weighted by atomic mass is 10.0. The molecule has 4 rings (SSSR count). The fourth-order valence-corrected chi connectivity index (χ4v) is 3.50. The molecule has 0 saturated heterocycles. The Morgan fingerprint density at radius 3 is 2.17 bits per heavy atom. The Morgan fingerprint density at radius 2 is 1.55 bits per heavy atom. The highest BCUT2D eigenvalue weighted by Gasteiger charge is 2.23. The number of aromatic nitrogens is 1. The van der Waals surface area contributed by atoms with E-state index in [-0.39, 0.29) is 11.6 Å². The van der Waals surface area contributed by atoms with Crippen LogP contribution in [0.4, 0.5) is 0 Å². The van der Waals surface area contributed by atoms with E-state index in [4.69, 9.17) is 9.73 Å². The number of hydrogen-bond acceptors (Lipinski definition) is 3. The molecular formula is C25H28N2O2. The molecule has 2 heterocycles. The molecule has 4 nitrogen and oxygen atoms in total. The first-order valence-corrected chi connectivity index (χ1v) is 10.1. The average Bonchev–Trinajstić information content (AvgIpc) is 3.21. The van der Waals surface area contributed by atoms with Crippen LogP contribution in [-0.2, 0) is 11.8 Å². The molecule has 0 N–H and O–H groups in total. The Kier molecular flexibility index (Phi) is 6.32. The van der Waals surface area contributed by atoms with Gasteiger partial charge in [-0.3, -0.25) is 4.79 Å². The van der Waals surface area contributed by atoms with Gasteiger partial charge in [-0.25, -0.2) is 4.99 Å². The number of pyridine rings is 1. The van der Waals surface area contributed by atoms with Crippen molar-refractivity contribution in [3.8, 4) is 11.1 Å². The molecule has 0 bridgehead atoms. The molecule has 1 aliphatic rings. The van der Waals surface area contributed by atoms with Crippen LogP contribution in [0.5, 0.6) is 0 Å². The van der Waals surface area contributed by atoms with Crippen molar-refractivity contribution in [2.75, 3.05) is 6.61 Å². The van der Waals surface area contributed by atoms with Crippen molar-refractivity contribution in [2.24, 2.45) is 12.0 Å². The predicted octanol–water partition coefficient (Wildman–Crippen LogP) is 5.21. The lowest BCUT2D eigenvalue weighted by Crippen LogP contribution is -2.13. The minimum atomic E-state index is -0.00756. The number of benzene rings is 2. The highest BCUT2D eigenvalue weighted by atomic mass is 16.5. The normalized spacial score (nSPS) is 15.2. The number of ether oxygens (including phenoxy) is 1. The zero-order valence-corrected chi connectivity index (χ0v) is 17.8. The predicted molar refractivity (Wildman–Crippen MR) is 120 cm³/mol. The molecule has 150 valence electrons. The maximum absolute atomic E-state index is 11.6. The molecule has 0 aliphatic carbocycles. The summed E-state index contributed by atoms with van der Waals surface area (Å²) < 4.78 is 7.52. The van der Waals surface area contributed by atoms with E-state index in [9.17, 15) is 4.79 Å². The summed E-state index contributed by atoms with van der Waals surface area (Å²) >= 11 is 0. The number of nitrogens with zero attached hydrogens (tertiary/aromatic N) is 2. The second-order valence-electron chi connectivity index (χ2n) is 7.02. The number of rotatable bonds is 3. The summed E-state index contributed by atoms with van der Waals surface area (Å²) in [6.45, 7) is 8.73. The van der Waals surface area contributed by atoms with Crippen LogP contribution < -0.4 is 5.56 Å². The molecule has 1 aromatic heterocycles. The van der Waals surface area contributed by atoms with E-state index in [1.807, 2.05) is 26.1 Å². The molecule has 1 unspecified atom stereocenters. The van der Waals surface area contributed by atoms with Gasteiger partial charge in [-0.1, -0.05) is 56.3 Å². The molecule has 3 aromatic rings. The molecule has 1 aliphatic heterocycles. The van der Waals surface area contributed by atoms with Gasteiger partial charge >= 0.3 is 0 Å². The molecule has 0 fully saturated rings. The van der Waals surface area contributed by atoms with Crippen molar-refractivity contribution in [1.82, 2.24) is 4.57 Å². The van der Waals surface area contributed by atoms with Crippen LogP contribution >= 0.6 is 0 Å². The molecule has 0 spiro atoms. The summed E-state index contributed by atoms with van der Waals surface area (Å²) in [4.78, 5) is 16.4. The van der Waals surface area contributed by atoms with Crippen molar-refractivity contribution in [1.29, 1.82) is 0 Å². The summed E-state index contributed by atoms with van der Waals surface area (Å²) in [5.74, 6) is 0.734. The van der Waals surface area contributed by atoms with Gasteiger partial charge in [0.05, 0.1) is 0 Å². The molecule has 0 saturated carbocycles. The first-order chi connectivity index (χ1) is 14.0. The van der Waals surface area contributed by atoms with Crippen LogP contribution in [0, 0.1) is 13.8 Å². The second kappa shape index (κ2) is 8.91. The molecule has 29 heavy (non-hydrogen) atoms. The molecule has 2 aromatic carbocycles. The third kappa shape index (κ3) is 4.32. The zero-order chi connectivity index (χ0) is 21.0. The molecular weight excluding hydrogens is 360 g/mol. The van der Waals surface area contributed by atoms with Gasteiger partial charge < -0.3 is 9.30 Å². The highest BCUT2D eigenvalue weighted by Crippen LogP contribution is 2.29. The third-order valence-electron chi connectivity index (χ3n) is 5.06. The Morgan fingerprint density at radius 1 is 0.931 bits per heavy atom. The maximum atomic E-state index is 11.6. The monoisotopic (exact) mass is 388 g/mol. The standard InChI is InChI=1S/C23H22N2O2.C2H6/c1-15-5-4-6-16(2)22(15)23-24-20(14-27-23)18-9-7-17(8-10-18)19-11-12-21(26)25(3)13-19;1-2/h4-13,20H,14H2,1-3H3;1-2H3. The Hall–Kier alpha value is -3.14. The second-order valence-corrected chi connectivity index (χ2v) is 7.02. The summed E-state index contributed by atoms with van der Waals surface area (Å²) in [6.07, 6.45) is 1.85. The van der Waals surface area contributed by atoms with E-state index >= 15 is 0 Å². The Balaban J connectivity index is 0.00000117. The average molecular weight is 389 g/mol. The largest absolute Gasteiger partial charge is 0.475 e. The smallest absolute Gasteiger partial charge is 0.250 e. The summed E-state index contributed by atoms with van der Waals surface area (Å²) in [6, 6.07) is 18.0. The van der Waals surface area contributed by atoms with Crippen LogP contribution in [0.3, 0.4) is 0 Å². The first-order valence-electron chi connectivity index (χ1n) is 10.1. The van der Waals surface area contributed by atoms with E-state index < -0.39 is 0 Å². The van der Waals surface area contributed by atoms with Gasteiger partial charge in [-0.05, 0) is 47.7 Å². The van der Waals surface area contributed by atoms with E-state index in [0.717, 1.165) is 28.2 Å². The van der Waals surface area contributed by atoms with Crippen molar-refractivity contribution in [3.05, 3.63) is 93.4 Å². The maximum Gasteiger partial charge on any atom is 0.250 e. The first kappa shape index (κ1) is 20.6. The fourth-order valence-electron chi connectivity index (χ4n) is 3.50. The number of aliphatic imine (C=N–C) groups is 1. The van der Waals surface area contributed by atoms with E-state index in [1.165, 1.54) is 11.1 Å². The van der Waals surface area contributed by atoms with E-state index in [2.05, 4.69) is 56.3 Å². The van der Waals surface area contributed by atoms with Gasteiger partial charge in [0, 0.05) is 24.9 Å². The van der Waals surface area contributed by atoms with Gasteiger partial charge in [-0.15, -0.1) is 0 Å².